The van der Waals surface area contributed by atoms with Gasteiger partial charge in [0.15, 0.2) is 0 Å². The number of benzene rings is 1. The van der Waals surface area contributed by atoms with Crippen LogP contribution >= 0.6 is 15.9 Å². The fourth-order valence-corrected chi connectivity index (χ4v) is 1.42. The summed E-state index contributed by atoms with van der Waals surface area (Å²) in [6.45, 7) is 0. The maximum atomic E-state index is 8.71. The van der Waals surface area contributed by atoms with Crippen LogP contribution in [-0.2, 0) is 0 Å². The Morgan fingerprint density at radius 3 is 2.93 bits per heavy atom. The van der Waals surface area contributed by atoms with Gasteiger partial charge in [0.1, 0.15) is 12.0 Å². The molecule has 0 saturated carbocycles. The lowest BCUT2D eigenvalue weighted by molar-refractivity contribution is 0.529. The SMILES string of the molecule is N#Cc1cccc(-c2coc(Br)n2)c1. The summed E-state index contributed by atoms with van der Waals surface area (Å²) in [4.78, 5) is 4.54. The van der Waals surface area contributed by atoms with Gasteiger partial charge in [-0.1, -0.05) is 12.1 Å². The Kier molecular flexibility index (Phi) is 2.33. The Morgan fingerprint density at radius 2 is 2.29 bits per heavy atom. The van der Waals surface area contributed by atoms with E-state index in [2.05, 4.69) is 27.0 Å². The van der Waals surface area contributed by atoms with E-state index in [4.69, 9.17) is 9.68 Å². The van der Waals surface area contributed by atoms with Crippen molar-refractivity contribution in [3.63, 3.8) is 0 Å². The molecule has 2 rings (SSSR count). The van der Waals surface area contributed by atoms with E-state index in [0.717, 1.165) is 5.56 Å². The molecule has 0 N–H and O–H groups in total. The van der Waals surface area contributed by atoms with Crippen molar-refractivity contribution in [1.82, 2.24) is 4.98 Å². The van der Waals surface area contributed by atoms with Crippen molar-refractivity contribution in [3.8, 4) is 17.3 Å². The average molecular weight is 249 g/mol. The minimum Gasteiger partial charge on any atom is -0.439 e. The third-order valence-electron chi connectivity index (χ3n) is 1.76. The first kappa shape index (κ1) is 8.97. The maximum Gasteiger partial charge on any atom is 0.264 e. The number of aromatic nitrogens is 1. The first-order chi connectivity index (χ1) is 6.79. The van der Waals surface area contributed by atoms with Crippen LogP contribution in [0.5, 0.6) is 0 Å². The van der Waals surface area contributed by atoms with Crippen LogP contribution in [0.4, 0.5) is 0 Å². The third-order valence-corrected chi connectivity index (χ3v) is 2.13. The summed E-state index contributed by atoms with van der Waals surface area (Å²) in [6, 6.07) is 9.29. The Balaban J connectivity index is 2.47. The largest absolute Gasteiger partial charge is 0.439 e. The summed E-state index contributed by atoms with van der Waals surface area (Å²) in [5.41, 5.74) is 2.20. The topological polar surface area (TPSA) is 49.8 Å². The highest BCUT2D eigenvalue weighted by molar-refractivity contribution is 9.10. The van der Waals surface area contributed by atoms with E-state index in [1.807, 2.05) is 12.1 Å². The van der Waals surface area contributed by atoms with Crippen molar-refractivity contribution in [3.05, 3.63) is 40.9 Å². The van der Waals surface area contributed by atoms with Crippen LogP contribution in [0.3, 0.4) is 0 Å². The van der Waals surface area contributed by atoms with Gasteiger partial charge < -0.3 is 4.42 Å². The van der Waals surface area contributed by atoms with Crippen LogP contribution in [0.1, 0.15) is 5.56 Å². The molecule has 0 atom stereocenters. The zero-order valence-corrected chi connectivity index (χ0v) is 8.65. The normalized spacial score (nSPS) is 9.71. The van der Waals surface area contributed by atoms with Gasteiger partial charge in [-0.25, -0.2) is 4.98 Å². The molecule has 1 heterocycles. The van der Waals surface area contributed by atoms with Gasteiger partial charge in [0.2, 0.25) is 0 Å². The van der Waals surface area contributed by atoms with Gasteiger partial charge in [-0.2, -0.15) is 5.26 Å². The van der Waals surface area contributed by atoms with Crippen LogP contribution < -0.4 is 0 Å². The average Bonchev–Trinajstić information content (AvgIpc) is 2.65. The molecule has 1 aromatic heterocycles. The van der Waals surface area contributed by atoms with E-state index in [1.54, 1.807) is 18.4 Å². The van der Waals surface area contributed by atoms with Crippen LogP contribution in [0.25, 0.3) is 11.3 Å². The lowest BCUT2D eigenvalue weighted by atomic mass is 10.1. The van der Waals surface area contributed by atoms with Crippen molar-refractivity contribution >= 4 is 15.9 Å². The number of hydrogen-bond donors (Lipinski definition) is 0. The van der Waals surface area contributed by atoms with Crippen molar-refractivity contribution < 1.29 is 4.42 Å². The molecule has 0 fully saturated rings. The van der Waals surface area contributed by atoms with Gasteiger partial charge >= 0.3 is 0 Å². The van der Waals surface area contributed by atoms with Crippen LogP contribution in [-0.4, -0.2) is 4.98 Å². The quantitative estimate of drug-likeness (QED) is 0.780. The number of rotatable bonds is 1. The zero-order chi connectivity index (χ0) is 9.97. The molecule has 3 nitrogen and oxygen atoms in total. The smallest absolute Gasteiger partial charge is 0.264 e. The maximum absolute atomic E-state index is 8.71. The highest BCUT2D eigenvalue weighted by Gasteiger charge is 2.04. The van der Waals surface area contributed by atoms with E-state index < -0.39 is 0 Å². The van der Waals surface area contributed by atoms with E-state index in [-0.39, 0.29) is 0 Å². The predicted molar refractivity (Wildman–Crippen MR) is 54.4 cm³/mol. The summed E-state index contributed by atoms with van der Waals surface area (Å²) >= 11 is 3.12. The van der Waals surface area contributed by atoms with Crippen molar-refractivity contribution in [2.24, 2.45) is 0 Å². The fraction of sp³-hybridized carbons (Fsp3) is 0. The minimum absolute atomic E-state index is 0.440. The second-order valence-electron chi connectivity index (χ2n) is 2.68. The Bertz CT molecular complexity index is 499. The molecule has 0 bridgehead atoms. The molecule has 0 saturated heterocycles. The first-order valence-corrected chi connectivity index (χ1v) is 4.70. The molecule has 14 heavy (non-hydrogen) atoms. The molecule has 0 aliphatic carbocycles. The zero-order valence-electron chi connectivity index (χ0n) is 7.07. The first-order valence-electron chi connectivity index (χ1n) is 3.91. The molecular formula is C10H5BrN2O. The molecule has 68 valence electrons. The molecule has 0 aliphatic rings. The minimum atomic E-state index is 0.440. The summed E-state index contributed by atoms with van der Waals surface area (Å²) in [7, 11) is 0. The summed E-state index contributed by atoms with van der Waals surface area (Å²) in [5, 5.41) is 8.71. The molecule has 0 amide bonds. The number of hydrogen-bond acceptors (Lipinski definition) is 3. The lowest BCUT2D eigenvalue weighted by Gasteiger charge is -1.94. The number of nitriles is 1. The van der Waals surface area contributed by atoms with Crippen molar-refractivity contribution in [1.29, 1.82) is 5.26 Å². The second kappa shape index (κ2) is 3.64. The molecule has 2 aromatic rings. The molecule has 0 aliphatic heterocycles. The number of nitrogens with zero attached hydrogens (tertiary/aromatic N) is 2. The van der Waals surface area contributed by atoms with E-state index in [9.17, 15) is 0 Å². The van der Waals surface area contributed by atoms with Crippen LogP contribution in [0.2, 0.25) is 0 Å². The molecule has 0 spiro atoms. The van der Waals surface area contributed by atoms with E-state index >= 15 is 0 Å². The van der Waals surface area contributed by atoms with Crippen LogP contribution in [0.15, 0.2) is 39.7 Å². The van der Waals surface area contributed by atoms with Gasteiger partial charge in [-0.3, -0.25) is 0 Å². The molecule has 0 radical (unpaired) electrons. The lowest BCUT2D eigenvalue weighted by Crippen LogP contribution is -1.79. The van der Waals surface area contributed by atoms with Gasteiger partial charge in [0.25, 0.3) is 4.80 Å². The molecule has 4 heteroatoms. The Hall–Kier alpha value is -1.60. The highest BCUT2D eigenvalue weighted by Crippen LogP contribution is 2.21. The highest BCUT2D eigenvalue weighted by atomic mass is 79.9. The third kappa shape index (κ3) is 1.68. The molecular weight excluding hydrogens is 244 g/mol. The summed E-state index contributed by atoms with van der Waals surface area (Å²) in [6.07, 6.45) is 1.54. The monoisotopic (exact) mass is 248 g/mol. The Morgan fingerprint density at radius 1 is 1.43 bits per heavy atom. The number of oxazole rings is 1. The van der Waals surface area contributed by atoms with E-state index in [0.29, 0.717) is 16.1 Å². The van der Waals surface area contributed by atoms with E-state index in [1.165, 1.54) is 0 Å². The van der Waals surface area contributed by atoms with Gasteiger partial charge in [-0.15, -0.1) is 0 Å². The fourth-order valence-electron chi connectivity index (χ4n) is 1.13. The predicted octanol–water partition coefficient (Wildman–Crippen LogP) is 2.98. The van der Waals surface area contributed by atoms with Crippen molar-refractivity contribution in [2.45, 2.75) is 0 Å². The van der Waals surface area contributed by atoms with Gasteiger partial charge in [0.05, 0.1) is 11.6 Å². The second-order valence-corrected chi connectivity index (χ2v) is 3.36. The standard InChI is InChI=1S/C10H5BrN2O/c11-10-13-9(6-14-10)8-3-1-2-7(4-8)5-12/h1-4,6H. The van der Waals surface area contributed by atoms with Gasteiger partial charge in [-0.05, 0) is 12.1 Å². The molecule has 0 unspecified atom stereocenters. The molecule has 1 aromatic carbocycles. The summed E-state index contributed by atoms with van der Waals surface area (Å²) in [5.74, 6) is 0. The Labute approximate surface area is 89.1 Å². The van der Waals surface area contributed by atoms with Crippen molar-refractivity contribution in [2.75, 3.05) is 0 Å². The number of halogens is 1. The summed E-state index contributed by atoms with van der Waals surface area (Å²) < 4.78 is 5.02. The van der Waals surface area contributed by atoms with Gasteiger partial charge in [0, 0.05) is 21.5 Å². The van der Waals surface area contributed by atoms with Crippen LogP contribution in [0, 0.1) is 11.3 Å².